The highest BCUT2D eigenvalue weighted by atomic mass is 35.5. The first-order chi connectivity index (χ1) is 12.6. The molecule has 0 radical (unpaired) electrons. The summed E-state index contributed by atoms with van der Waals surface area (Å²) in [7, 11) is -0.696. The molecule has 0 aromatic heterocycles. The van der Waals surface area contributed by atoms with E-state index in [-0.39, 0.29) is 12.4 Å². The van der Waals surface area contributed by atoms with Crippen LogP contribution in [0, 0.1) is 0 Å². The zero-order valence-corrected chi connectivity index (χ0v) is 17.0. The predicted molar refractivity (Wildman–Crippen MR) is 114 cm³/mol. The number of hydrogen-bond donors (Lipinski definition) is 0. The Balaban J connectivity index is 0.00000210. The molecule has 0 unspecified atom stereocenters. The molecule has 6 heteroatoms. The SMILES string of the molecule is CN1CCN(P2(=O)C=C(c3ccccc3)OC(c3ccccc3)=C2)CC1.Cl. The molecule has 0 saturated carbocycles. The van der Waals surface area contributed by atoms with E-state index in [2.05, 4.69) is 16.6 Å². The van der Waals surface area contributed by atoms with Crippen LogP contribution in [0.25, 0.3) is 11.5 Å². The van der Waals surface area contributed by atoms with Crippen molar-refractivity contribution in [2.45, 2.75) is 0 Å². The van der Waals surface area contributed by atoms with E-state index < -0.39 is 7.29 Å². The number of piperazine rings is 1. The lowest BCUT2D eigenvalue weighted by molar-refractivity contribution is 0.223. The molecule has 0 N–H and O–H groups in total. The topological polar surface area (TPSA) is 32.8 Å². The Hall–Kier alpha value is -1.84. The lowest BCUT2D eigenvalue weighted by atomic mass is 10.2. The molecule has 1 fully saturated rings. The van der Waals surface area contributed by atoms with Gasteiger partial charge in [0.2, 0.25) is 7.29 Å². The van der Waals surface area contributed by atoms with Crippen molar-refractivity contribution in [3.63, 3.8) is 0 Å². The van der Waals surface area contributed by atoms with Gasteiger partial charge in [-0.3, -0.25) is 4.57 Å². The molecule has 142 valence electrons. The lowest BCUT2D eigenvalue weighted by Gasteiger charge is -2.37. The van der Waals surface area contributed by atoms with Crippen molar-refractivity contribution in [1.82, 2.24) is 9.57 Å². The third-order valence-corrected chi connectivity index (χ3v) is 7.36. The summed E-state index contributed by atoms with van der Waals surface area (Å²) in [6, 6.07) is 19.8. The van der Waals surface area contributed by atoms with Crippen molar-refractivity contribution < 1.29 is 9.30 Å². The van der Waals surface area contributed by atoms with E-state index in [1.807, 2.05) is 72.3 Å². The molecule has 0 amide bonds. The minimum Gasteiger partial charge on any atom is -0.456 e. The fraction of sp³-hybridized carbons (Fsp3) is 0.238. The first-order valence-corrected chi connectivity index (χ1v) is 10.7. The number of ether oxygens (including phenoxy) is 1. The molecule has 0 bridgehead atoms. The smallest absolute Gasteiger partial charge is 0.200 e. The monoisotopic (exact) mass is 402 g/mol. The largest absolute Gasteiger partial charge is 0.456 e. The van der Waals surface area contributed by atoms with E-state index in [4.69, 9.17) is 4.74 Å². The summed E-state index contributed by atoms with van der Waals surface area (Å²) >= 11 is 0. The molecule has 2 heterocycles. The van der Waals surface area contributed by atoms with E-state index in [9.17, 15) is 4.57 Å². The summed E-state index contributed by atoms with van der Waals surface area (Å²) in [6.07, 6.45) is 0. The van der Waals surface area contributed by atoms with E-state index in [0.29, 0.717) is 11.5 Å². The number of halogens is 1. The van der Waals surface area contributed by atoms with Gasteiger partial charge in [0.1, 0.15) is 11.5 Å². The second-order valence-electron chi connectivity index (χ2n) is 6.75. The molecule has 0 spiro atoms. The van der Waals surface area contributed by atoms with Crippen molar-refractivity contribution in [3.05, 3.63) is 83.4 Å². The van der Waals surface area contributed by atoms with Gasteiger partial charge in [-0.1, -0.05) is 60.7 Å². The fourth-order valence-electron chi connectivity index (χ4n) is 3.29. The van der Waals surface area contributed by atoms with E-state index in [1.165, 1.54) is 0 Å². The Morgan fingerprint density at radius 2 is 1.22 bits per heavy atom. The summed E-state index contributed by atoms with van der Waals surface area (Å²) in [6.45, 7) is 3.44. The maximum Gasteiger partial charge on any atom is 0.200 e. The number of nitrogens with zero attached hydrogens (tertiary/aromatic N) is 2. The van der Waals surface area contributed by atoms with E-state index in [1.54, 1.807) is 0 Å². The normalized spacial score (nSPS) is 20.0. The number of hydrogen-bond acceptors (Lipinski definition) is 3. The van der Waals surface area contributed by atoms with Gasteiger partial charge in [-0.25, -0.2) is 4.67 Å². The van der Waals surface area contributed by atoms with Crippen molar-refractivity contribution >= 4 is 31.2 Å². The van der Waals surface area contributed by atoms with E-state index in [0.717, 1.165) is 37.3 Å². The van der Waals surface area contributed by atoms with Gasteiger partial charge in [0.15, 0.2) is 0 Å². The van der Waals surface area contributed by atoms with Crippen LogP contribution in [0.4, 0.5) is 0 Å². The maximum absolute atomic E-state index is 13.9. The standard InChI is InChI=1S/C21H23N2O2P.ClH/c1-22-12-14-23(15-13-22)26(24)16-20(18-8-4-2-5-9-18)25-21(17-26)19-10-6-3-7-11-19;/h2-11,16-17H,12-15H2,1H3;1H. The van der Waals surface area contributed by atoms with Crippen LogP contribution in [0.2, 0.25) is 0 Å². The quantitative estimate of drug-likeness (QED) is 0.679. The molecule has 2 aliphatic heterocycles. The summed E-state index contributed by atoms with van der Waals surface area (Å²) in [5, 5.41) is 0. The summed E-state index contributed by atoms with van der Waals surface area (Å²) < 4.78 is 22.2. The predicted octanol–water partition coefficient (Wildman–Crippen LogP) is 4.96. The van der Waals surface area contributed by atoms with Crippen molar-refractivity contribution in [2.75, 3.05) is 33.2 Å². The Labute approximate surface area is 167 Å². The van der Waals surface area contributed by atoms with Crippen molar-refractivity contribution in [2.24, 2.45) is 0 Å². The Kier molecular flexibility index (Phi) is 6.23. The van der Waals surface area contributed by atoms with Gasteiger partial charge in [-0.2, -0.15) is 0 Å². The van der Waals surface area contributed by atoms with Gasteiger partial charge in [-0.05, 0) is 7.05 Å². The first-order valence-electron chi connectivity index (χ1n) is 8.92. The summed E-state index contributed by atoms with van der Waals surface area (Å²) in [4.78, 5) is 2.27. The maximum atomic E-state index is 13.9. The molecule has 4 rings (SSSR count). The Morgan fingerprint density at radius 3 is 1.67 bits per heavy atom. The number of benzene rings is 2. The highest BCUT2D eigenvalue weighted by Crippen LogP contribution is 2.59. The van der Waals surface area contributed by atoms with Crippen LogP contribution in [0.5, 0.6) is 0 Å². The molecule has 2 aliphatic rings. The molecule has 0 aliphatic carbocycles. The van der Waals surface area contributed by atoms with Crippen LogP contribution in [0.3, 0.4) is 0 Å². The van der Waals surface area contributed by atoms with Gasteiger partial charge >= 0.3 is 0 Å². The average molecular weight is 403 g/mol. The Morgan fingerprint density at radius 1 is 0.778 bits per heavy atom. The average Bonchev–Trinajstić information content (AvgIpc) is 2.69. The second kappa shape index (κ2) is 8.45. The van der Waals surface area contributed by atoms with Crippen molar-refractivity contribution in [1.29, 1.82) is 0 Å². The van der Waals surface area contributed by atoms with Crippen LogP contribution in [0.15, 0.2) is 72.3 Å². The number of rotatable bonds is 3. The molecule has 1 saturated heterocycles. The summed E-state index contributed by atoms with van der Waals surface area (Å²) in [5.41, 5.74) is 1.90. The minimum absolute atomic E-state index is 0. The van der Waals surface area contributed by atoms with Crippen LogP contribution in [-0.2, 0) is 9.30 Å². The lowest BCUT2D eigenvalue weighted by Crippen LogP contribution is -2.42. The molecular formula is C21H24ClN2O2P. The van der Waals surface area contributed by atoms with E-state index >= 15 is 0 Å². The molecule has 4 nitrogen and oxygen atoms in total. The summed E-state index contributed by atoms with van der Waals surface area (Å²) in [5.74, 6) is 5.02. The van der Waals surface area contributed by atoms with Gasteiger partial charge < -0.3 is 9.64 Å². The first kappa shape index (κ1) is 19.9. The van der Waals surface area contributed by atoms with Gasteiger partial charge in [0.25, 0.3) is 0 Å². The number of likely N-dealkylation sites (N-methyl/N-ethyl adjacent to an activating group) is 1. The second-order valence-corrected chi connectivity index (χ2v) is 9.18. The fourth-order valence-corrected chi connectivity index (χ4v) is 5.57. The highest BCUT2D eigenvalue weighted by molar-refractivity contribution is 7.68. The molecule has 0 atom stereocenters. The molecule has 27 heavy (non-hydrogen) atoms. The van der Waals surface area contributed by atoms with Gasteiger partial charge in [0, 0.05) is 48.9 Å². The zero-order chi connectivity index (χ0) is 18.0. The van der Waals surface area contributed by atoms with Crippen LogP contribution in [-0.4, -0.2) is 42.8 Å². The van der Waals surface area contributed by atoms with Crippen LogP contribution in [0.1, 0.15) is 11.1 Å². The van der Waals surface area contributed by atoms with Crippen molar-refractivity contribution in [3.8, 4) is 0 Å². The van der Waals surface area contributed by atoms with Gasteiger partial charge in [0.05, 0.1) is 0 Å². The third-order valence-electron chi connectivity index (χ3n) is 4.86. The molecule has 2 aromatic carbocycles. The molecular weight excluding hydrogens is 379 g/mol. The van der Waals surface area contributed by atoms with Gasteiger partial charge in [-0.15, -0.1) is 12.4 Å². The van der Waals surface area contributed by atoms with Crippen LogP contribution < -0.4 is 0 Å². The third kappa shape index (κ3) is 4.36. The highest BCUT2D eigenvalue weighted by Gasteiger charge is 2.34. The zero-order valence-electron chi connectivity index (χ0n) is 15.3. The molecule has 2 aromatic rings. The van der Waals surface area contributed by atoms with Crippen LogP contribution >= 0.6 is 19.7 Å². The minimum atomic E-state index is -2.80. The Bertz CT molecular complexity index is 816.